The van der Waals surface area contributed by atoms with Crippen molar-refractivity contribution in [2.75, 3.05) is 26.7 Å². The maximum Gasteiger partial charge on any atom is 0.254 e. The molecule has 4 nitrogen and oxygen atoms in total. The van der Waals surface area contributed by atoms with Crippen LogP contribution in [0.1, 0.15) is 73.9 Å². The normalized spacial score (nSPS) is 23.5. The Hall–Kier alpha value is -1.46. The molecule has 2 aromatic carbocycles. The van der Waals surface area contributed by atoms with Gasteiger partial charge in [-0.3, -0.25) is 4.79 Å². The smallest absolute Gasteiger partial charge is 0.254 e. The van der Waals surface area contributed by atoms with Gasteiger partial charge in [-0.05, 0) is 95.4 Å². The Balaban J connectivity index is 1.34. The molecule has 7 heteroatoms. The highest BCUT2D eigenvalue weighted by Crippen LogP contribution is 2.77. The fourth-order valence-corrected chi connectivity index (χ4v) is 7.46. The molecule has 1 aliphatic heterocycles. The molecule has 2 fully saturated rings. The van der Waals surface area contributed by atoms with Crippen LogP contribution in [0.25, 0.3) is 0 Å². The van der Waals surface area contributed by atoms with Crippen molar-refractivity contribution < 1.29 is 9.53 Å². The minimum atomic E-state index is -0.770. The summed E-state index contributed by atoms with van der Waals surface area (Å²) < 4.78 is 5.03. The summed E-state index contributed by atoms with van der Waals surface area (Å²) in [5.41, 5.74) is 2.58. The number of piperidine rings is 1. The lowest BCUT2D eigenvalue weighted by atomic mass is 9.91. The number of carbonyl (C=O) groups excluding carboxylic acids is 1. The van der Waals surface area contributed by atoms with Gasteiger partial charge in [0.25, 0.3) is 5.91 Å². The van der Waals surface area contributed by atoms with E-state index in [4.69, 9.17) is 39.5 Å². The zero-order valence-electron chi connectivity index (χ0n) is 22.6. The molecule has 1 saturated heterocycles. The van der Waals surface area contributed by atoms with Crippen LogP contribution in [0.2, 0.25) is 5.02 Å². The zero-order chi connectivity index (χ0) is 27.0. The van der Waals surface area contributed by atoms with Gasteiger partial charge in [0.05, 0.1) is 6.10 Å². The molecular weight excluding hydrogens is 527 g/mol. The molecule has 1 heterocycles. The van der Waals surface area contributed by atoms with E-state index in [0.717, 1.165) is 56.6 Å². The maximum absolute atomic E-state index is 13.1. The number of halogens is 3. The van der Waals surface area contributed by atoms with Crippen LogP contribution in [0.5, 0.6) is 5.75 Å². The SMILES string of the molecule is CCC1(CCN(C)C2CCN(C(=O)c3cccc(Cl)c3C)CC2)C(c2ccc(OC(C)C)cc2)C1(Cl)Cl. The number of ether oxygens (including phenoxy) is 1. The summed E-state index contributed by atoms with van der Waals surface area (Å²) in [6.45, 7) is 10.6. The van der Waals surface area contributed by atoms with Crippen LogP contribution in [-0.4, -0.2) is 58.9 Å². The van der Waals surface area contributed by atoms with E-state index in [0.29, 0.717) is 16.6 Å². The Bertz CT molecular complexity index is 1100. The minimum Gasteiger partial charge on any atom is -0.491 e. The third-order valence-corrected chi connectivity index (χ3v) is 10.1. The Morgan fingerprint density at radius 1 is 1.14 bits per heavy atom. The van der Waals surface area contributed by atoms with E-state index >= 15 is 0 Å². The number of likely N-dealkylation sites (tertiary alicyclic amines) is 1. The fourth-order valence-electron chi connectivity index (χ4n) is 6.05. The van der Waals surface area contributed by atoms with Crippen molar-refractivity contribution in [3.63, 3.8) is 0 Å². The van der Waals surface area contributed by atoms with Gasteiger partial charge in [-0.15, -0.1) is 23.2 Å². The molecule has 0 radical (unpaired) electrons. The highest BCUT2D eigenvalue weighted by atomic mass is 35.5. The first-order valence-corrected chi connectivity index (χ1v) is 14.5. The highest BCUT2D eigenvalue weighted by molar-refractivity contribution is 6.52. The van der Waals surface area contributed by atoms with Gasteiger partial charge in [-0.25, -0.2) is 0 Å². The predicted octanol–water partition coefficient (Wildman–Crippen LogP) is 7.73. The molecule has 37 heavy (non-hydrogen) atoms. The highest BCUT2D eigenvalue weighted by Gasteiger charge is 2.74. The summed E-state index contributed by atoms with van der Waals surface area (Å²) in [5, 5.41) is 0.637. The molecule has 1 aliphatic carbocycles. The Kier molecular flexibility index (Phi) is 8.75. The van der Waals surface area contributed by atoms with Gasteiger partial charge < -0.3 is 14.5 Å². The van der Waals surface area contributed by atoms with E-state index in [1.54, 1.807) is 0 Å². The van der Waals surface area contributed by atoms with E-state index in [2.05, 4.69) is 31.0 Å². The number of hydrogen-bond acceptors (Lipinski definition) is 3. The van der Waals surface area contributed by atoms with E-state index in [1.807, 2.05) is 56.0 Å². The molecule has 1 saturated carbocycles. The van der Waals surface area contributed by atoms with Crippen molar-refractivity contribution in [3.8, 4) is 5.75 Å². The number of benzene rings is 2. The second-order valence-electron chi connectivity index (χ2n) is 11.0. The number of alkyl halides is 2. The molecule has 0 N–H and O–H groups in total. The van der Waals surface area contributed by atoms with Crippen LogP contribution >= 0.6 is 34.8 Å². The molecule has 1 amide bonds. The molecule has 2 atom stereocenters. The Morgan fingerprint density at radius 2 is 1.78 bits per heavy atom. The van der Waals surface area contributed by atoms with Crippen molar-refractivity contribution >= 4 is 40.7 Å². The molecule has 2 aromatic rings. The molecule has 202 valence electrons. The number of carbonyl (C=O) groups is 1. The Labute approximate surface area is 237 Å². The van der Waals surface area contributed by atoms with E-state index in [9.17, 15) is 4.79 Å². The van der Waals surface area contributed by atoms with E-state index in [1.165, 1.54) is 5.56 Å². The number of rotatable bonds is 9. The summed E-state index contributed by atoms with van der Waals surface area (Å²) in [7, 11) is 2.19. The van der Waals surface area contributed by atoms with Crippen molar-refractivity contribution in [2.45, 2.75) is 75.8 Å². The van der Waals surface area contributed by atoms with Gasteiger partial charge >= 0.3 is 0 Å². The van der Waals surface area contributed by atoms with Gasteiger partial charge in [0, 0.05) is 41.1 Å². The average Bonchev–Trinajstić information content (AvgIpc) is 3.38. The first-order chi connectivity index (χ1) is 17.5. The standard InChI is InChI=1S/C30H39Cl3N2O2/c1-6-29(27(30(29,32)33)22-10-12-24(13-11-22)37-20(2)3)16-19-34(5)23-14-17-35(18-15-23)28(36)25-8-7-9-26(31)21(25)4/h7-13,20,23,27H,6,14-19H2,1-5H3. The molecule has 0 aromatic heterocycles. The van der Waals surface area contributed by atoms with Crippen LogP contribution in [-0.2, 0) is 0 Å². The number of hydrogen-bond donors (Lipinski definition) is 0. The molecule has 4 rings (SSSR count). The maximum atomic E-state index is 13.1. The Morgan fingerprint density at radius 3 is 2.38 bits per heavy atom. The van der Waals surface area contributed by atoms with Crippen molar-refractivity contribution in [3.05, 3.63) is 64.2 Å². The summed E-state index contributed by atoms with van der Waals surface area (Å²) in [6.07, 6.45) is 3.91. The lowest BCUT2D eigenvalue weighted by molar-refractivity contribution is 0.0638. The fraction of sp³-hybridized carbons (Fsp3) is 0.567. The first-order valence-electron chi connectivity index (χ1n) is 13.4. The third kappa shape index (κ3) is 5.64. The predicted molar refractivity (Wildman–Crippen MR) is 154 cm³/mol. The van der Waals surface area contributed by atoms with Gasteiger partial charge in [0.15, 0.2) is 0 Å². The molecular formula is C30H39Cl3N2O2. The molecule has 2 aliphatic rings. The summed E-state index contributed by atoms with van der Waals surface area (Å²) >= 11 is 20.2. The first kappa shape index (κ1) is 28.5. The lowest BCUT2D eigenvalue weighted by Gasteiger charge is -2.37. The van der Waals surface area contributed by atoms with Crippen LogP contribution < -0.4 is 4.74 Å². The van der Waals surface area contributed by atoms with Gasteiger partial charge in [0.2, 0.25) is 0 Å². The van der Waals surface area contributed by atoms with Crippen LogP contribution in [0.15, 0.2) is 42.5 Å². The summed E-state index contributed by atoms with van der Waals surface area (Å²) in [5.74, 6) is 1.05. The van der Waals surface area contributed by atoms with Gasteiger partial charge in [0.1, 0.15) is 10.1 Å². The largest absolute Gasteiger partial charge is 0.491 e. The van der Waals surface area contributed by atoms with Crippen molar-refractivity contribution in [1.29, 1.82) is 0 Å². The van der Waals surface area contributed by atoms with Crippen molar-refractivity contribution in [1.82, 2.24) is 9.80 Å². The van der Waals surface area contributed by atoms with Crippen LogP contribution in [0.4, 0.5) is 0 Å². The monoisotopic (exact) mass is 564 g/mol. The van der Waals surface area contributed by atoms with E-state index < -0.39 is 4.33 Å². The minimum absolute atomic E-state index is 0.0748. The van der Waals surface area contributed by atoms with Gasteiger partial charge in [-0.2, -0.15) is 0 Å². The summed E-state index contributed by atoms with van der Waals surface area (Å²) in [6, 6.07) is 14.2. The van der Waals surface area contributed by atoms with Crippen molar-refractivity contribution in [2.24, 2.45) is 5.41 Å². The summed E-state index contributed by atoms with van der Waals surface area (Å²) in [4.78, 5) is 17.5. The topological polar surface area (TPSA) is 32.8 Å². The zero-order valence-corrected chi connectivity index (χ0v) is 24.8. The van der Waals surface area contributed by atoms with Gasteiger partial charge in [-0.1, -0.05) is 36.7 Å². The average molecular weight is 566 g/mol. The van der Waals surface area contributed by atoms with Crippen LogP contribution in [0.3, 0.4) is 0 Å². The third-order valence-electron chi connectivity index (χ3n) is 8.50. The van der Waals surface area contributed by atoms with Crippen LogP contribution in [0, 0.1) is 12.3 Å². The lowest BCUT2D eigenvalue weighted by Crippen LogP contribution is -2.46. The second-order valence-corrected chi connectivity index (χ2v) is 12.8. The van der Waals surface area contributed by atoms with E-state index in [-0.39, 0.29) is 23.3 Å². The second kappa shape index (κ2) is 11.3. The number of nitrogens with zero attached hydrogens (tertiary/aromatic N) is 2. The molecule has 0 bridgehead atoms. The number of amides is 1. The molecule has 2 unspecified atom stereocenters. The quantitative estimate of drug-likeness (QED) is 0.292. The molecule has 0 spiro atoms.